The number of carbonyl (C=O) groups is 1. The highest BCUT2D eigenvalue weighted by atomic mass is 16.4. The minimum absolute atomic E-state index is 0.332. The average molecular weight is 210 g/mol. The van der Waals surface area contributed by atoms with Crippen molar-refractivity contribution in [3.8, 4) is 12.3 Å². The van der Waals surface area contributed by atoms with Gasteiger partial charge in [0.2, 0.25) is 0 Å². The average Bonchev–Trinajstić information content (AvgIpc) is 2.21. The molecule has 2 heteroatoms. The van der Waals surface area contributed by atoms with Crippen LogP contribution in [0.3, 0.4) is 0 Å². The third-order valence-corrected chi connectivity index (χ3v) is 2.62. The first-order valence-electron chi connectivity index (χ1n) is 5.88. The molecule has 0 spiro atoms. The summed E-state index contributed by atoms with van der Waals surface area (Å²) in [7, 11) is 0. The van der Waals surface area contributed by atoms with E-state index in [9.17, 15) is 4.79 Å². The fourth-order valence-electron chi connectivity index (χ4n) is 1.63. The minimum Gasteiger partial charge on any atom is -0.481 e. The van der Waals surface area contributed by atoms with Gasteiger partial charge in [-0.05, 0) is 6.42 Å². The van der Waals surface area contributed by atoms with Gasteiger partial charge in [0.1, 0.15) is 0 Å². The Labute approximate surface area is 93.1 Å². The number of terminal acetylenes is 1. The molecule has 0 aromatic rings. The van der Waals surface area contributed by atoms with Gasteiger partial charge in [-0.2, -0.15) is 0 Å². The van der Waals surface area contributed by atoms with Gasteiger partial charge >= 0.3 is 5.97 Å². The van der Waals surface area contributed by atoms with Crippen LogP contribution in [-0.4, -0.2) is 11.1 Å². The van der Waals surface area contributed by atoms with Crippen molar-refractivity contribution in [1.82, 2.24) is 0 Å². The highest BCUT2D eigenvalue weighted by molar-refractivity contribution is 5.70. The Kier molecular flexibility index (Phi) is 8.96. The van der Waals surface area contributed by atoms with Crippen molar-refractivity contribution in [2.75, 3.05) is 0 Å². The van der Waals surface area contributed by atoms with Crippen LogP contribution in [0.2, 0.25) is 0 Å². The molecule has 1 atom stereocenters. The van der Waals surface area contributed by atoms with E-state index in [0.717, 1.165) is 19.3 Å². The first-order chi connectivity index (χ1) is 7.22. The third-order valence-electron chi connectivity index (χ3n) is 2.62. The summed E-state index contributed by atoms with van der Waals surface area (Å²) in [6.07, 6.45) is 13.4. The predicted octanol–water partition coefficient (Wildman–Crippen LogP) is 3.46. The summed E-state index contributed by atoms with van der Waals surface area (Å²) < 4.78 is 0. The standard InChI is InChI=1S/C13H22O2/c1-3-5-6-7-8-9-11-12(10-4-2)13(14)15/h2,12H,3,5-11H2,1H3,(H,14,15)/t12-/m0/s1. The maximum atomic E-state index is 10.8. The molecule has 0 unspecified atom stereocenters. The van der Waals surface area contributed by atoms with Crippen molar-refractivity contribution in [3.05, 3.63) is 0 Å². The van der Waals surface area contributed by atoms with E-state index in [2.05, 4.69) is 12.8 Å². The van der Waals surface area contributed by atoms with Crippen LogP contribution in [-0.2, 0) is 4.79 Å². The van der Waals surface area contributed by atoms with Crippen LogP contribution in [0.5, 0.6) is 0 Å². The molecule has 0 saturated heterocycles. The third kappa shape index (κ3) is 8.05. The van der Waals surface area contributed by atoms with Crippen LogP contribution in [0.4, 0.5) is 0 Å². The molecule has 0 aromatic heterocycles. The lowest BCUT2D eigenvalue weighted by atomic mass is 9.98. The maximum Gasteiger partial charge on any atom is 0.307 e. The molecular weight excluding hydrogens is 188 g/mol. The summed E-state index contributed by atoms with van der Waals surface area (Å²) >= 11 is 0. The van der Waals surface area contributed by atoms with Crippen molar-refractivity contribution >= 4 is 5.97 Å². The number of rotatable bonds is 9. The lowest BCUT2D eigenvalue weighted by Gasteiger charge is -2.08. The summed E-state index contributed by atoms with van der Waals surface area (Å²) in [5.74, 6) is 1.35. The first kappa shape index (κ1) is 14.0. The predicted molar refractivity (Wildman–Crippen MR) is 62.6 cm³/mol. The van der Waals surface area contributed by atoms with Crippen LogP contribution in [0, 0.1) is 18.3 Å². The van der Waals surface area contributed by atoms with Gasteiger partial charge in [-0.25, -0.2) is 0 Å². The second-order valence-corrected chi connectivity index (χ2v) is 4.00. The smallest absolute Gasteiger partial charge is 0.307 e. The van der Waals surface area contributed by atoms with E-state index < -0.39 is 5.97 Å². The lowest BCUT2D eigenvalue weighted by molar-refractivity contribution is -0.141. The molecule has 0 aliphatic heterocycles. The van der Waals surface area contributed by atoms with Crippen molar-refractivity contribution in [2.24, 2.45) is 5.92 Å². The molecule has 0 amide bonds. The van der Waals surface area contributed by atoms with Gasteiger partial charge in [0.15, 0.2) is 0 Å². The maximum absolute atomic E-state index is 10.8. The molecule has 0 bridgehead atoms. The second-order valence-electron chi connectivity index (χ2n) is 4.00. The van der Waals surface area contributed by atoms with Gasteiger partial charge in [-0.1, -0.05) is 45.4 Å². The number of hydrogen-bond donors (Lipinski definition) is 1. The molecule has 1 N–H and O–H groups in total. The first-order valence-corrected chi connectivity index (χ1v) is 5.88. The fraction of sp³-hybridized carbons (Fsp3) is 0.769. The highest BCUT2D eigenvalue weighted by Gasteiger charge is 2.14. The van der Waals surface area contributed by atoms with E-state index in [1.165, 1.54) is 25.7 Å². The fourth-order valence-corrected chi connectivity index (χ4v) is 1.63. The summed E-state index contributed by atoms with van der Waals surface area (Å²) in [5.41, 5.74) is 0. The molecule has 0 radical (unpaired) electrons. The van der Waals surface area contributed by atoms with Crippen molar-refractivity contribution in [1.29, 1.82) is 0 Å². The van der Waals surface area contributed by atoms with E-state index in [1.54, 1.807) is 0 Å². The van der Waals surface area contributed by atoms with Crippen molar-refractivity contribution < 1.29 is 9.90 Å². The molecular formula is C13H22O2. The summed E-state index contributed by atoms with van der Waals surface area (Å²) in [5, 5.41) is 8.85. The molecule has 0 heterocycles. The molecule has 0 aromatic carbocycles. The van der Waals surface area contributed by atoms with E-state index in [1.807, 2.05) is 0 Å². The molecule has 15 heavy (non-hydrogen) atoms. The highest BCUT2D eigenvalue weighted by Crippen LogP contribution is 2.15. The molecule has 0 fully saturated rings. The molecule has 2 nitrogen and oxygen atoms in total. The summed E-state index contributed by atoms with van der Waals surface area (Å²) in [6, 6.07) is 0. The monoisotopic (exact) mass is 210 g/mol. The molecule has 0 saturated carbocycles. The topological polar surface area (TPSA) is 37.3 Å². The Morgan fingerprint density at radius 2 is 1.87 bits per heavy atom. The number of carboxylic acids is 1. The Balaban J connectivity index is 3.46. The zero-order chi connectivity index (χ0) is 11.5. The van der Waals surface area contributed by atoms with Gasteiger partial charge in [0, 0.05) is 6.42 Å². The van der Waals surface area contributed by atoms with E-state index in [4.69, 9.17) is 11.5 Å². The number of aliphatic carboxylic acids is 1. The Hall–Kier alpha value is -0.970. The summed E-state index contributed by atoms with van der Waals surface area (Å²) in [6.45, 7) is 2.19. The van der Waals surface area contributed by atoms with E-state index in [0.29, 0.717) is 6.42 Å². The summed E-state index contributed by atoms with van der Waals surface area (Å²) in [4.78, 5) is 10.8. The van der Waals surface area contributed by atoms with Crippen LogP contribution in [0.1, 0.15) is 58.3 Å². The van der Waals surface area contributed by atoms with Gasteiger partial charge in [0.05, 0.1) is 5.92 Å². The molecule has 0 rings (SSSR count). The van der Waals surface area contributed by atoms with Gasteiger partial charge in [-0.3, -0.25) is 4.79 Å². The quantitative estimate of drug-likeness (QED) is 0.467. The Bertz CT molecular complexity index is 203. The normalized spacial score (nSPS) is 12.0. The van der Waals surface area contributed by atoms with Crippen LogP contribution >= 0.6 is 0 Å². The molecule has 0 aliphatic rings. The minimum atomic E-state index is -0.749. The number of carboxylic acid groups (broad SMARTS) is 1. The second kappa shape index (κ2) is 9.58. The van der Waals surface area contributed by atoms with Crippen molar-refractivity contribution in [3.63, 3.8) is 0 Å². The molecule has 0 aliphatic carbocycles. The van der Waals surface area contributed by atoms with Crippen LogP contribution < -0.4 is 0 Å². The SMILES string of the molecule is C#CC[C@@H](CCCCCCCC)C(=O)O. The van der Waals surface area contributed by atoms with E-state index in [-0.39, 0.29) is 5.92 Å². The van der Waals surface area contributed by atoms with Gasteiger partial charge in [0.25, 0.3) is 0 Å². The van der Waals surface area contributed by atoms with E-state index >= 15 is 0 Å². The Morgan fingerprint density at radius 1 is 1.27 bits per heavy atom. The zero-order valence-corrected chi connectivity index (χ0v) is 9.67. The zero-order valence-electron chi connectivity index (χ0n) is 9.67. The Morgan fingerprint density at radius 3 is 2.40 bits per heavy atom. The van der Waals surface area contributed by atoms with Crippen LogP contribution in [0.15, 0.2) is 0 Å². The molecule has 86 valence electrons. The van der Waals surface area contributed by atoms with Gasteiger partial charge in [-0.15, -0.1) is 12.3 Å². The number of hydrogen-bond acceptors (Lipinski definition) is 1. The number of unbranched alkanes of at least 4 members (excludes halogenated alkanes) is 5. The lowest BCUT2D eigenvalue weighted by Crippen LogP contribution is -2.12. The van der Waals surface area contributed by atoms with Crippen LogP contribution in [0.25, 0.3) is 0 Å². The van der Waals surface area contributed by atoms with Gasteiger partial charge < -0.3 is 5.11 Å². The van der Waals surface area contributed by atoms with Crippen molar-refractivity contribution in [2.45, 2.75) is 58.3 Å². The largest absolute Gasteiger partial charge is 0.481 e.